The third-order valence-corrected chi connectivity index (χ3v) is 3.08. The second kappa shape index (κ2) is 6.81. The van der Waals surface area contributed by atoms with Gasteiger partial charge in [-0.1, -0.05) is 12.1 Å². The van der Waals surface area contributed by atoms with Crippen LogP contribution in [-0.4, -0.2) is 28.8 Å². The minimum absolute atomic E-state index is 0.134. The molecule has 0 fully saturated rings. The summed E-state index contributed by atoms with van der Waals surface area (Å²) in [6, 6.07) is 7.46. The third kappa shape index (κ3) is 3.35. The van der Waals surface area contributed by atoms with Crippen LogP contribution in [0.5, 0.6) is 0 Å². The summed E-state index contributed by atoms with van der Waals surface area (Å²) in [7, 11) is 0. The van der Waals surface area contributed by atoms with Gasteiger partial charge in [-0.25, -0.2) is 9.97 Å². The maximum absolute atomic E-state index is 11.8. The number of aromatic nitrogens is 2. The van der Waals surface area contributed by atoms with Crippen LogP contribution in [0, 0.1) is 0 Å². The summed E-state index contributed by atoms with van der Waals surface area (Å²) in [4.78, 5) is 22.1. The molecule has 1 aromatic heterocycles. The Morgan fingerprint density at radius 2 is 1.95 bits per heavy atom. The molecule has 6 heteroatoms. The standard InChI is InChI=1S/C15H19N5O/c1-11(21)14-15(19-9-8-18-14)20(10-4-7-16)13-6-3-2-5-12(13)17/h2-3,5-6,8-9H,4,7,10,16-17H2,1H3. The first kappa shape index (κ1) is 14.9. The number of para-hydroxylation sites is 2. The van der Waals surface area contributed by atoms with Gasteiger partial charge in [0, 0.05) is 25.9 Å². The number of Topliss-reactive ketones (excluding diaryl/α,β-unsaturated/α-hetero) is 1. The third-order valence-electron chi connectivity index (χ3n) is 3.08. The van der Waals surface area contributed by atoms with Gasteiger partial charge in [-0.05, 0) is 25.1 Å². The molecule has 4 N–H and O–H groups in total. The van der Waals surface area contributed by atoms with E-state index in [1.54, 1.807) is 6.20 Å². The maximum Gasteiger partial charge on any atom is 0.181 e. The van der Waals surface area contributed by atoms with Gasteiger partial charge in [0.15, 0.2) is 11.6 Å². The number of nitrogen functional groups attached to an aromatic ring is 1. The number of nitrogens with zero attached hydrogens (tertiary/aromatic N) is 3. The van der Waals surface area contributed by atoms with E-state index in [1.807, 2.05) is 29.2 Å². The van der Waals surface area contributed by atoms with E-state index in [2.05, 4.69) is 9.97 Å². The van der Waals surface area contributed by atoms with Gasteiger partial charge in [0.1, 0.15) is 5.69 Å². The first-order valence-electron chi connectivity index (χ1n) is 6.79. The Kier molecular flexibility index (Phi) is 4.84. The fourth-order valence-electron chi connectivity index (χ4n) is 2.10. The molecule has 0 bridgehead atoms. The van der Waals surface area contributed by atoms with Gasteiger partial charge in [-0.2, -0.15) is 0 Å². The number of carbonyl (C=O) groups excluding carboxylic acids is 1. The van der Waals surface area contributed by atoms with E-state index in [-0.39, 0.29) is 5.78 Å². The molecule has 110 valence electrons. The molecule has 2 rings (SSSR count). The Morgan fingerprint density at radius 3 is 2.62 bits per heavy atom. The van der Waals surface area contributed by atoms with Gasteiger partial charge in [0.05, 0.1) is 11.4 Å². The molecule has 0 saturated carbocycles. The topological polar surface area (TPSA) is 98.1 Å². The zero-order chi connectivity index (χ0) is 15.2. The van der Waals surface area contributed by atoms with Gasteiger partial charge in [0.2, 0.25) is 0 Å². The molecular weight excluding hydrogens is 266 g/mol. The zero-order valence-electron chi connectivity index (χ0n) is 12.0. The number of hydrogen-bond donors (Lipinski definition) is 2. The number of ketones is 1. The molecule has 0 saturated heterocycles. The van der Waals surface area contributed by atoms with Gasteiger partial charge < -0.3 is 16.4 Å². The molecule has 2 aromatic rings. The second-order valence-corrected chi connectivity index (χ2v) is 4.64. The first-order valence-corrected chi connectivity index (χ1v) is 6.79. The van der Waals surface area contributed by atoms with Gasteiger partial charge >= 0.3 is 0 Å². The van der Waals surface area contributed by atoms with Crippen molar-refractivity contribution in [3.05, 3.63) is 42.4 Å². The monoisotopic (exact) mass is 285 g/mol. The van der Waals surface area contributed by atoms with E-state index in [4.69, 9.17) is 11.5 Å². The lowest BCUT2D eigenvalue weighted by molar-refractivity contribution is 0.101. The van der Waals surface area contributed by atoms with Crippen LogP contribution in [0.2, 0.25) is 0 Å². The average Bonchev–Trinajstić information content (AvgIpc) is 2.49. The minimum atomic E-state index is -0.134. The van der Waals surface area contributed by atoms with Crippen LogP contribution in [0.4, 0.5) is 17.2 Å². The van der Waals surface area contributed by atoms with Crippen LogP contribution in [0.15, 0.2) is 36.7 Å². The van der Waals surface area contributed by atoms with E-state index >= 15 is 0 Å². The van der Waals surface area contributed by atoms with E-state index in [0.717, 1.165) is 12.1 Å². The summed E-state index contributed by atoms with van der Waals surface area (Å²) in [5.74, 6) is 0.377. The summed E-state index contributed by atoms with van der Waals surface area (Å²) in [6.07, 6.45) is 3.83. The smallest absolute Gasteiger partial charge is 0.181 e. The van der Waals surface area contributed by atoms with E-state index in [9.17, 15) is 4.79 Å². The van der Waals surface area contributed by atoms with Crippen LogP contribution in [0.1, 0.15) is 23.8 Å². The Balaban J connectivity index is 2.51. The summed E-state index contributed by atoms with van der Waals surface area (Å²) in [5.41, 5.74) is 13.4. The van der Waals surface area contributed by atoms with Crippen molar-refractivity contribution in [1.82, 2.24) is 9.97 Å². The Bertz CT molecular complexity index is 629. The van der Waals surface area contributed by atoms with Crippen molar-refractivity contribution in [3.8, 4) is 0 Å². The number of rotatable bonds is 6. The van der Waals surface area contributed by atoms with E-state index in [0.29, 0.717) is 30.3 Å². The van der Waals surface area contributed by atoms with Gasteiger partial charge in [-0.15, -0.1) is 0 Å². The van der Waals surface area contributed by atoms with Crippen molar-refractivity contribution in [2.45, 2.75) is 13.3 Å². The highest BCUT2D eigenvalue weighted by atomic mass is 16.1. The van der Waals surface area contributed by atoms with Crippen LogP contribution < -0.4 is 16.4 Å². The van der Waals surface area contributed by atoms with Crippen LogP contribution >= 0.6 is 0 Å². The Hall–Kier alpha value is -2.47. The predicted molar refractivity (Wildman–Crippen MR) is 83.6 cm³/mol. The fourth-order valence-corrected chi connectivity index (χ4v) is 2.10. The van der Waals surface area contributed by atoms with Gasteiger partial charge in [0.25, 0.3) is 0 Å². The van der Waals surface area contributed by atoms with Crippen molar-refractivity contribution < 1.29 is 4.79 Å². The van der Waals surface area contributed by atoms with E-state index < -0.39 is 0 Å². The Labute approximate surface area is 123 Å². The molecule has 0 spiro atoms. The number of nitrogens with two attached hydrogens (primary N) is 2. The first-order chi connectivity index (χ1) is 10.1. The number of carbonyl (C=O) groups is 1. The molecule has 21 heavy (non-hydrogen) atoms. The quantitative estimate of drug-likeness (QED) is 0.619. The molecule has 6 nitrogen and oxygen atoms in total. The van der Waals surface area contributed by atoms with Gasteiger partial charge in [-0.3, -0.25) is 4.79 Å². The summed E-state index contributed by atoms with van der Waals surface area (Å²) < 4.78 is 0. The largest absolute Gasteiger partial charge is 0.397 e. The van der Waals surface area contributed by atoms with Crippen molar-refractivity contribution in [1.29, 1.82) is 0 Å². The molecule has 0 aliphatic heterocycles. The maximum atomic E-state index is 11.8. The minimum Gasteiger partial charge on any atom is -0.397 e. The molecule has 0 amide bonds. The second-order valence-electron chi connectivity index (χ2n) is 4.64. The van der Waals surface area contributed by atoms with Crippen LogP contribution in [0.3, 0.4) is 0 Å². The highest BCUT2D eigenvalue weighted by Gasteiger charge is 2.19. The number of benzene rings is 1. The van der Waals surface area contributed by atoms with Crippen LogP contribution in [0.25, 0.3) is 0 Å². The lowest BCUT2D eigenvalue weighted by Crippen LogP contribution is -2.25. The molecule has 0 radical (unpaired) electrons. The molecular formula is C15H19N5O. The van der Waals surface area contributed by atoms with Crippen molar-refractivity contribution in [2.24, 2.45) is 5.73 Å². The molecule has 0 aliphatic carbocycles. The fraction of sp³-hybridized carbons (Fsp3) is 0.267. The summed E-state index contributed by atoms with van der Waals surface area (Å²) in [5, 5.41) is 0. The number of anilines is 3. The van der Waals surface area contributed by atoms with Crippen molar-refractivity contribution >= 4 is 23.0 Å². The van der Waals surface area contributed by atoms with Crippen molar-refractivity contribution in [3.63, 3.8) is 0 Å². The highest BCUT2D eigenvalue weighted by molar-refractivity contribution is 5.98. The van der Waals surface area contributed by atoms with Crippen molar-refractivity contribution in [2.75, 3.05) is 23.7 Å². The average molecular weight is 285 g/mol. The predicted octanol–water partition coefficient (Wildman–Crippen LogP) is 1.75. The Morgan fingerprint density at radius 1 is 1.24 bits per heavy atom. The normalized spacial score (nSPS) is 10.4. The summed E-state index contributed by atoms with van der Waals surface area (Å²) >= 11 is 0. The lowest BCUT2D eigenvalue weighted by atomic mass is 10.2. The molecule has 1 aromatic carbocycles. The van der Waals surface area contributed by atoms with Crippen LogP contribution in [-0.2, 0) is 0 Å². The SMILES string of the molecule is CC(=O)c1nccnc1N(CCCN)c1ccccc1N. The highest BCUT2D eigenvalue weighted by Crippen LogP contribution is 2.30. The molecule has 0 unspecified atom stereocenters. The summed E-state index contributed by atoms with van der Waals surface area (Å²) in [6.45, 7) is 2.63. The zero-order valence-corrected chi connectivity index (χ0v) is 12.0. The molecule has 1 heterocycles. The number of hydrogen-bond acceptors (Lipinski definition) is 6. The molecule has 0 atom stereocenters. The molecule has 0 aliphatic rings. The lowest BCUT2D eigenvalue weighted by Gasteiger charge is -2.26. The van der Waals surface area contributed by atoms with E-state index in [1.165, 1.54) is 13.1 Å².